The first-order valence-electron chi connectivity index (χ1n) is 13.5. The lowest BCUT2D eigenvalue weighted by Crippen LogP contribution is -2.38. The molecule has 0 aromatic carbocycles. The summed E-state index contributed by atoms with van der Waals surface area (Å²) in [7, 11) is 0. The van der Waals surface area contributed by atoms with Crippen molar-refractivity contribution in [2.24, 2.45) is 23.7 Å². The molecule has 2 heterocycles. The first kappa shape index (κ1) is 22.5. The quantitative estimate of drug-likeness (QED) is 0.350. The molecule has 1 aliphatic heterocycles. The number of nitrogens with one attached hydrogen (secondary N) is 1. The van der Waals surface area contributed by atoms with Crippen LogP contribution in [0.1, 0.15) is 98.9 Å². The average molecular weight is 481 g/mol. The van der Waals surface area contributed by atoms with Crippen molar-refractivity contribution >= 4 is 34.1 Å². The number of nitrogens with zero attached hydrogens (tertiary/aromatic N) is 1. The molecule has 1 aromatic rings. The number of carbonyl (C=O) groups excluding carboxylic acids is 3. The Morgan fingerprint density at radius 2 is 1.47 bits per heavy atom. The third-order valence-electron chi connectivity index (χ3n) is 9.20. The maximum atomic E-state index is 13.9. The molecule has 0 unspecified atom stereocenters. The van der Waals surface area contributed by atoms with E-state index in [1.54, 1.807) is 11.3 Å². The zero-order valence-electron chi connectivity index (χ0n) is 20.5. The first-order valence-corrected chi connectivity index (χ1v) is 14.3. The van der Waals surface area contributed by atoms with Gasteiger partial charge in [0.25, 0.3) is 5.91 Å². The number of amides is 3. The lowest BCUT2D eigenvalue weighted by Gasteiger charge is -2.24. The van der Waals surface area contributed by atoms with Crippen molar-refractivity contribution in [1.29, 1.82) is 0 Å². The molecule has 34 heavy (non-hydrogen) atoms. The molecule has 6 heteroatoms. The van der Waals surface area contributed by atoms with Crippen LogP contribution in [-0.2, 0) is 22.4 Å². The van der Waals surface area contributed by atoms with Crippen LogP contribution in [0, 0.1) is 23.7 Å². The van der Waals surface area contributed by atoms with Crippen LogP contribution in [-0.4, -0.2) is 23.8 Å². The Morgan fingerprint density at radius 1 is 0.853 bits per heavy atom. The van der Waals surface area contributed by atoms with Crippen molar-refractivity contribution in [1.82, 2.24) is 5.32 Å². The van der Waals surface area contributed by atoms with E-state index in [4.69, 9.17) is 0 Å². The van der Waals surface area contributed by atoms with Crippen molar-refractivity contribution in [2.45, 2.75) is 96.9 Å². The molecule has 6 rings (SSSR count). The molecule has 5 aliphatic rings. The fourth-order valence-electron chi connectivity index (χ4n) is 7.82. The van der Waals surface area contributed by atoms with Crippen LogP contribution >= 0.6 is 11.3 Å². The van der Waals surface area contributed by atoms with Gasteiger partial charge >= 0.3 is 0 Å². The number of aryl methyl sites for hydroxylation is 1. The minimum Gasteiger partial charge on any atom is -0.349 e. The predicted octanol–water partition coefficient (Wildman–Crippen LogP) is 5.56. The van der Waals surface area contributed by atoms with Gasteiger partial charge < -0.3 is 5.32 Å². The zero-order valence-corrected chi connectivity index (χ0v) is 21.3. The maximum absolute atomic E-state index is 13.9. The molecule has 4 fully saturated rings. The topological polar surface area (TPSA) is 66.5 Å². The van der Waals surface area contributed by atoms with Crippen molar-refractivity contribution in [3.63, 3.8) is 0 Å². The van der Waals surface area contributed by atoms with Gasteiger partial charge in [-0.15, -0.1) is 11.3 Å². The number of allylic oxidation sites excluding steroid dienone is 2. The Labute approximate surface area is 206 Å². The third-order valence-corrected chi connectivity index (χ3v) is 10.5. The Morgan fingerprint density at radius 3 is 2.12 bits per heavy atom. The van der Waals surface area contributed by atoms with E-state index in [9.17, 15) is 14.4 Å². The molecule has 3 amide bonds. The minimum atomic E-state index is -0.229. The summed E-state index contributed by atoms with van der Waals surface area (Å²) in [6.45, 7) is 4.25. The van der Waals surface area contributed by atoms with Crippen molar-refractivity contribution < 1.29 is 14.4 Å². The number of thiophene rings is 1. The van der Waals surface area contributed by atoms with E-state index in [0.717, 1.165) is 69.8 Å². The van der Waals surface area contributed by atoms with Crippen LogP contribution in [0.3, 0.4) is 0 Å². The second-order valence-corrected chi connectivity index (χ2v) is 12.4. The molecule has 1 N–H and O–H groups in total. The molecule has 1 saturated heterocycles. The Balaban J connectivity index is 1.38. The van der Waals surface area contributed by atoms with Gasteiger partial charge in [-0.05, 0) is 82.6 Å². The molecular formula is C28H36N2O3S. The van der Waals surface area contributed by atoms with E-state index in [1.807, 2.05) is 0 Å². The largest absolute Gasteiger partial charge is 0.349 e. The van der Waals surface area contributed by atoms with Gasteiger partial charge in [-0.3, -0.25) is 14.4 Å². The Bertz CT molecular complexity index is 1040. The number of carbonyl (C=O) groups is 3. The Hall–Kier alpha value is -1.95. The van der Waals surface area contributed by atoms with Gasteiger partial charge in [0.1, 0.15) is 5.00 Å². The summed E-state index contributed by atoms with van der Waals surface area (Å²) in [6.07, 6.45) is 12.8. The number of imide groups is 1. The molecule has 3 saturated carbocycles. The fourth-order valence-corrected chi connectivity index (χ4v) is 9.21. The van der Waals surface area contributed by atoms with Crippen LogP contribution in [0.5, 0.6) is 0 Å². The number of hydrogen-bond acceptors (Lipinski definition) is 4. The van der Waals surface area contributed by atoms with Gasteiger partial charge in [0, 0.05) is 10.9 Å². The molecule has 0 spiro atoms. The van der Waals surface area contributed by atoms with E-state index in [2.05, 4.69) is 19.2 Å². The van der Waals surface area contributed by atoms with E-state index in [1.165, 1.54) is 33.8 Å². The highest BCUT2D eigenvalue weighted by molar-refractivity contribution is 7.17. The van der Waals surface area contributed by atoms with Gasteiger partial charge in [0.15, 0.2) is 0 Å². The van der Waals surface area contributed by atoms with E-state index in [0.29, 0.717) is 10.6 Å². The summed E-state index contributed by atoms with van der Waals surface area (Å²) in [5, 5.41) is 3.93. The molecule has 182 valence electrons. The van der Waals surface area contributed by atoms with Crippen molar-refractivity contribution in [3.05, 3.63) is 27.2 Å². The van der Waals surface area contributed by atoms with Gasteiger partial charge in [-0.1, -0.05) is 36.8 Å². The van der Waals surface area contributed by atoms with E-state index >= 15 is 0 Å². The molecule has 1 aromatic heterocycles. The lowest BCUT2D eigenvalue weighted by molar-refractivity contribution is -0.122. The molecule has 4 aliphatic carbocycles. The summed E-state index contributed by atoms with van der Waals surface area (Å²) in [5.41, 5.74) is 4.40. The second kappa shape index (κ2) is 8.61. The summed E-state index contributed by atoms with van der Waals surface area (Å²) >= 11 is 1.55. The van der Waals surface area contributed by atoms with Crippen LogP contribution in [0.15, 0.2) is 11.1 Å². The highest BCUT2D eigenvalue weighted by atomic mass is 32.1. The van der Waals surface area contributed by atoms with Crippen molar-refractivity contribution in [2.75, 3.05) is 4.90 Å². The minimum absolute atomic E-state index is 0.0518. The second-order valence-electron chi connectivity index (χ2n) is 11.4. The molecule has 2 bridgehead atoms. The maximum Gasteiger partial charge on any atom is 0.254 e. The number of hydrogen-bond donors (Lipinski definition) is 1. The van der Waals surface area contributed by atoms with Gasteiger partial charge in [0.2, 0.25) is 11.8 Å². The summed E-state index contributed by atoms with van der Waals surface area (Å²) in [6, 6.07) is 0.204. The summed E-state index contributed by atoms with van der Waals surface area (Å²) < 4.78 is 0. The smallest absolute Gasteiger partial charge is 0.254 e. The van der Waals surface area contributed by atoms with Crippen LogP contribution < -0.4 is 10.2 Å². The van der Waals surface area contributed by atoms with Gasteiger partial charge in [-0.2, -0.15) is 0 Å². The van der Waals surface area contributed by atoms with Crippen LogP contribution in [0.4, 0.5) is 5.00 Å². The average Bonchev–Trinajstić information content (AvgIpc) is 3.50. The van der Waals surface area contributed by atoms with Crippen LogP contribution in [0.25, 0.3) is 0 Å². The molecule has 0 radical (unpaired) electrons. The fraction of sp³-hybridized carbons (Fsp3) is 0.679. The van der Waals surface area contributed by atoms with Crippen LogP contribution in [0.2, 0.25) is 0 Å². The first-order chi connectivity index (χ1) is 16.5. The summed E-state index contributed by atoms with van der Waals surface area (Å²) in [5.74, 6) is -0.211. The Kier molecular flexibility index (Phi) is 5.70. The summed E-state index contributed by atoms with van der Waals surface area (Å²) in [4.78, 5) is 44.1. The molecular weight excluding hydrogens is 444 g/mol. The lowest BCUT2D eigenvalue weighted by atomic mass is 9.81. The van der Waals surface area contributed by atoms with Gasteiger partial charge in [0.05, 0.1) is 17.4 Å². The highest BCUT2D eigenvalue weighted by Gasteiger charge is 2.64. The van der Waals surface area contributed by atoms with E-state index in [-0.39, 0.29) is 47.4 Å². The number of rotatable bonds is 3. The SMILES string of the molecule is CC(C)=C1[C@@H]2CC[C@@H]1[C@@H]1C(=O)N(c3sc4c(c3C(=O)NC3CCCCC3)CCCCC4)C(=O)[C@H]12. The van der Waals surface area contributed by atoms with Gasteiger partial charge in [-0.25, -0.2) is 4.90 Å². The number of fused-ring (bicyclic) bond motifs is 6. The van der Waals surface area contributed by atoms with Crippen molar-refractivity contribution in [3.8, 4) is 0 Å². The third kappa shape index (κ3) is 3.35. The monoisotopic (exact) mass is 480 g/mol. The zero-order chi connectivity index (χ0) is 23.6. The highest BCUT2D eigenvalue weighted by Crippen LogP contribution is 2.61. The standard InChI is InChI=1S/C28H36N2O3S/c1-15(2)21-18-13-14-19(21)23-22(18)26(32)30(27(23)33)28-24(17-11-7-4-8-12-20(17)34-28)25(31)29-16-9-5-3-6-10-16/h16,18-19,22-23H,3-14H2,1-2H3,(H,29,31)/t18-,19-,22-,23-/m0/s1. The normalized spacial score (nSPS) is 31.0. The molecule has 4 atom stereocenters. The molecule has 5 nitrogen and oxygen atoms in total. The number of anilines is 1. The predicted molar refractivity (Wildman–Crippen MR) is 134 cm³/mol. The van der Waals surface area contributed by atoms with E-state index < -0.39 is 0 Å².